The molecule has 0 radical (unpaired) electrons. The molecule has 100 valence electrons. The Balaban J connectivity index is 2.70. The van der Waals surface area contributed by atoms with Crippen LogP contribution in [-0.4, -0.2) is 25.3 Å². The second kappa shape index (κ2) is 7.64. The van der Waals surface area contributed by atoms with Gasteiger partial charge in [-0.2, -0.15) is 0 Å². The van der Waals surface area contributed by atoms with E-state index in [2.05, 4.69) is 21.2 Å². The first kappa shape index (κ1) is 15.3. The lowest BCUT2D eigenvalue weighted by atomic mass is 10.2. The number of rotatable bonds is 6. The molecule has 0 aromatic heterocycles. The van der Waals surface area contributed by atoms with Gasteiger partial charge in [0.15, 0.2) is 0 Å². The third kappa shape index (κ3) is 4.86. The number of halogens is 2. The van der Waals surface area contributed by atoms with Crippen LogP contribution in [0.15, 0.2) is 18.2 Å². The molecule has 1 aromatic rings. The van der Waals surface area contributed by atoms with Crippen LogP contribution < -0.4 is 10.2 Å². The number of unbranched alkanes of at least 4 members (excludes halogenated alkanes) is 1. The quantitative estimate of drug-likeness (QED) is 0.632. The molecule has 0 aliphatic rings. The number of carbonyl (C=O) groups excluding carboxylic acids is 1. The Hall–Kier alpha value is -0.740. The van der Waals surface area contributed by atoms with Crippen molar-refractivity contribution in [1.29, 1.82) is 0 Å². The van der Waals surface area contributed by atoms with Gasteiger partial charge in [0.25, 0.3) is 0 Å². The van der Waals surface area contributed by atoms with E-state index in [1.165, 1.54) is 0 Å². The monoisotopic (exact) mass is 332 g/mol. The second-order valence-electron chi connectivity index (χ2n) is 4.25. The summed E-state index contributed by atoms with van der Waals surface area (Å²) in [5.74, 6) is 0.0290. The molecule has 0 fully saturated rings. The highest BCUT2D eigenvalue weighted by molar-refractivity contribution is 9.09. The fraction of sp³-hybridized carbons (Fsp3) is 0.462. The normalized spacial score (nSPS) is 10.2. The Kier molecular flexibility index (Phi) is 6.50. The number of anilines is 2. The van der Waals surface area contributed by atoms with Crippen molar-refractivity contribution in [2.75, 3.05) is 29.6 Å². The maximum absolute atomic E-state index is 11.8. The number of nitrogens with one attached hydrogen (secondary N) is 1. The van der Waals surface area contributed by atoms with Gasteiger partial charge in [-0.25, -0.2) is 0 Å². The van der Waals surface area contributed by atoms with Crippen LogP contribution in [0.4, 0.5) is 11.4 Å². The first-order valence-electron chi connectivity index (χ1n) is 5.87. The van der Waals surface area contributed by atoms with Crippen LogP contribution in [0.5, 0.6) is 0 Å². The molecule has 0 atom stereocenters. The molecular weight excluding hydrogens is 316 g/mol. The summed E-state index contributed by atoms with van der Waals surface area (Å²) in [6.07, 6.45) is 2.42. The van der Waals surface area contributed by atoms with Crippen LogP contribution in [0, 0.1) is 0 Å². The van der Waals surface area contributed by atoms with E-state index in [1.807, 2.05) is 31.1 Å². The van der Waals surface area contributed by atoms with Gasteiger partial charge >= 0.3 is 0 Å². The number of nitrogens with zero attached hydrogens (tertiary/aromatic N) is 1. The molecule has 0 unspecified atom stereocenters. The van der Waals surface area contributed by atoms with Gasteiger partial charge in [-0.3, -0.25) is 4.79 Å². The van der Waals surface area contributed by atoms with E-state index < -0.39 is 0 Å². The minimum atomic E-state index is 0.0290. The van der Waals surface area contributed by atoms with Crippen LogP contribution in [0.1, 0.15) is 19.3 Å². The standard InChI is InChI=1S/C13H18BrClN2O/c1-17(2)12-7-6-10(15)9-11(12)16-13(18)5-3-4-8-14/h6-7,9H,3-5,8H2,1-2H3,(H,16,18). The molecule has 0 aliphatic carbocycles. The lowest BCUT2D eigenvalue weighted by Gasteiger charge is -2.18. The van der Waals surface area contributed by atoms with Crippen molar-refractivity contribution in [3.8, 4) is 0 Å². The Labute approximate surface area is 122 Å². The molecule has 5 heteroatoms. The predicted molar refractivity (Wildman–Crippen MR) is 82.1 cm³/mol. The molecular formula is C13H18BrClN2O. The fourth-order valence-corrected chi connectivity index (χ4v) is 2.16. The van der Waals surface area contributed by atoms with Crippen molar-refractivity contribution in [3.63, 3.8) is 0 Å². The molecule has 0 aliphatic heterocycles. The van der Waals surface area contributed by atoms with Gasteiger partial charge in [0.05, 0.1) is 11.4 Å². The van der Waals surface area contributed by atoms with Crippen LogP contribution >= 0.6 is 27.5 Å². The lowest BCUT2D eigenvalue weighted by Crippen LogP contribution is -2.16. The molecule has 0 heterocycles. The maximum Gasteiger partial charge on any atom is 0.224 e. The summed E-state index contributed by atoms with van der Waals surface area (Å²) in [6, 6.07) is 5.49. The molecule has 1 N–H and O–H groups in total. The first-order chi connectivity index (χ1) is 8.54. The van der Waals surface area contributed by atoms with Gasteiger partial charge in [0.1, 0.15) is 0 Å². The average Bonchev–Trinajstić information content (AvgIpc) is 2.29. The summed E-state index contributed by atoms with van der Waals surface area (Å²) in [7, 11) is 3.87. The minimum Gasteiger partial charge on any atom is -0.376 e. The zero-order valence-corrected chi connectivity index (χ0v) is 13.0. The Morgan fingerprint density at radius 1 is 1.39 bits per heavy atom. The molecule has 18 heavy (non-hydrogen) atoms. The number of alkyl halides is 1. The second-order valence-corrected chi connectivity index (χ2v) is 5.48. The van der Waals surface area contributed by atoms with E-state index in [0.29, 0.717) is 11.4 Å². The lowest BCUT2D eigenvalue weighted by molar-refractivity contribution is -0.116. The van der Waals surface area contributed by atoms with Crippen LogP contribution in [0.2, 0.25) is 5.02 Å². The highest BCUT2D eigenvalue weighted by Crippen LogP contribution is 2.27. The molecule has 0 saturated heterocycles. The summed E-state index contributed by atoms with van der Waals surface area (Å²) in [5, 5.41) is 4.46. The topological polar surface area (TPSA) is 32.3 Å². The number of hydrogen-bond acceptors (Lipinski definition) is 2. The average molecular weight is 334 g/mol. The van der Waals surface area contributed by atoms with E-state index in [0.717, 1.165) is 29.5 Å². The predicted octanol–water partition coefficient (Wildman–Crippen LogP) is 3.91. The third-order valence-electron chi connectivity index (χ3n) is 2.50. The number of amides is 1. The number of benzene rings is 1. The van der Waals surface area contributed by atoms with Gasteiger partial charge in [-0.15, -0.1) is 0 Å². The largest absolute Gasteiger partial charge is 0.376 e. The first-order valence-corrected chi connectivity index (χ1v) is 7.37. The molecule has 3 nitrogen and oxygen atoms in total. The number of hydrogen-bond donors (Lipinski definition) is 1. The molecule has 1 rings (SSSR count). The van der Waals surface area contributed by atoms with Crippen molar-refractivity contribution in [2.24, 2.45) is 0 Å². The zero-order valence-electron chi connectivity index (χ0n) is 10.7. The van der Waals surface area contributed by atoms with Crippen molar-refractivity contribution >= 4 is 44.8 Å². The minimum absolute atomic E-state index is 0.0290. The molecule has 0 bridgehead atoms. The third-order valence-corrected chi connectivity index (χ3v) is 3.30. The van der Waals surface area contributed by atoms with Gasteiger partial charge in [-0.05, 0) is 31.0 Å². The SMILES string of the molecule is CN(C)c1ccc(Cl)cc1NC(=O)CCCCBr. The summed E-state index contributed by atoms with van der Waals surface area (Å²) in [4.78, 5) is 13.7. The number of carbonyl (C=O) groups is 1. The molecule has 0 saturated carbocycles. The summed E-state index contributed by atoms with van der Waals surface area (Å²) >= 11 is 9.31. The van der Waals surface area contributed by atoms with Crippen LogP contribution in [0.25, 0.3) is 0 Å². The van der Waals surface area contributed by atoms with Crippen molar-refractivity contribution in [3.05, 3.63) is 23.2 Å². The van der Waals surface area contributed by atoms with E-state index in [-0.39, 0.29) is 5.91 Å². The zero-order chi connectivity index (χ0) is 13.5. The van der Waals surface area contributed by atoms with Crippen LogP contribution in [-0.2, 0) is 4.79 Å². The highest BCUT2D eigenvalue weighted by Gasteiger charge is 2.09. The Morgan fingerprint density at radius 2 is 2.11 bits per heavy atom. The summed E-state index contributed by atoms with van der Waals surface area (Å²) in [6.45, 7) is 0. The highest BCUT2D eigenvalue weighted by atomic mass is 79.9. The van der Waals surface area contributed by atoms with Crippen LogP contribution in [0.3, 0.4) is 0 Å². The molecule has 0 spiro atoms. The smallest absolute Gasteiger partial charge is 0.224 e. The Morgan fingerprint density at radius 3 is 2.72 bits per heavy atom. The van der Waals surface area contributed by atoms with Gasteiger partial charge in [-0.1, -0.05) is 27.5 Å². The van der Waals surface area contributed by atoms with E-state index in [4.69, 9.17) is 11.6 Å². The van der Waals surface area contributed by atoms with Gasteiger partial charge in [0.2, 0.25) is 5.91 Å². The maximum atomic E-state index is 11.8. The Bertz CT molecular complexity index is 410. The van der Waals surface area contributed by atoms with Gasteiger partial charge < -0.3 is 10.2 Å². The summed E-state index contributed by atoms with van der Waals surface area (Å²) < 4.78 is 0. The van der Waals surface area contributed by atoms with Crippen molar-refractivity contribution < 1.29 is 4.79 Å². The van der Waals surface area contributed by atoms with Crippen molar-refractivity contribution in [2.45, 2.75) is 19.3 Å². The summed E-state index contributed by atoms with van der Waals surface area (Å²) in [5.41, 5.74) is 1.71. The van der Waals surface area contributed by atoms with E-state index >= 15 is 0 Å². The van der Waals surface area contributed by atoms with E-state index in [9.17, 15) is 4.79 Å². The fourth-order valence-electron chi connectivity index (χ4n) is 1.59. The van der Waals surface area contributed by atoms with Gasteiger partial charge in [0, 0.05) is 30.9 Å². The van der Waals surface area contributed by atoms with E-state index in [1.54, 1.807) is 6.07 Å². The van der Waals surface area contributed by atoms with Crippen molar-refractivity contribution in [1.82, 2.24) is 0 Å². The molecule has 1 amide bonds. The molecule has 1 aromatic carbocycles.